The van der Waals surface area contributed by atoms with E-state index in [0.717, 1.165) is 29.9 Å². The maximum Gasteiger partial charge on any atom is 0.231 e. The number of aromatic nitrogens is 1. The lowest BCUT2D eigenvalue weighted by Crippen LogP contribution is -2.38. The number of nitrogens with two attached hydrogens (primary N) is 1. The lowest BCUT2D eigenvalue weighted by atomic mass is 10.1. The van der Waals surface area contributed by atoms with Gasteiger partial charge in [-0.05, 0) is 51.9 Å². The third-order valence-electron chi connectivity index (χ3n) is 4.60. The van der Waals surface area contributed by atoms with E-state index in [-0.39, 0.29) is 18.9 Å². The van der Waals surface area contributed by atoms with Crippen LogP contribution in [0.5, 0.6) is 0 Å². The molecule has 2 rings (SSSR count). The number of hydrogen-bond acceptors (Lipinski definition) is 3. The summed E-state index contributed by atoms with van der Waals surface area (Å²) in [6.45, 7) is 9.12. The fourth-order valence-corrected chi connectivity index (χ4v) is 3.24. The Morgan fingerprint density at radius 1 is 1.08 bits per heavy atom. The molecule has 0 fully saturated rings. The third kappa shape index (κ3) is 4.82. The quantitative estimate of drug-likeness (QED) is 0.703. The second-order valence-corrected chi connectivity index (χ2v) is 6.91. The Bertz CT molecular complexity index is 775. The number of aryl methyl sites for hydroxylation is 2. The molecular formula is C21H29N3O2. The molecule has 0 radical (unpaired) electrons. The molecule has 1 aromatic heterocycles. The topological polar surface area (TPSA) is 68.3 Å². The summed E-state index contributed by atoms with van der Waals surface area (Å²) in [5.74, 6) is -0.382. The zero-order valence-corrected chi connectivity index (χ0v) is 16.2. The van der Waals surface area contributed by atoms with Crippen LogP contribution in [0.25, 0.3) is 5.69 Å². The molecule has 2 N–H and O–H groups in total. The maximum atomic E-state index is 12.9. The van der Waals surface area contributed by atoms with Crippen molar-refractivity contribution >= 4 is 11.7 Å². The van der Waals surface area contributed by atoms with Crippen LogP contribution in [0.2, 0.25) is 0 Å². The van der Waals surface area contributed by atoms with Gasteiger partial charge >= 0.3 is 0 Å². The van der Waals surface area contributed by atoms with Crippen molar-refractivity contribution in [2.75, 3.05) is 19.6 Å². The molecule has 0 aliphatic carbocycles. The van der Waals surface area contributed by atoms with E-state index in [2.05, 4.69) is 42.7 Å². The Morgan fingerprint density at radius 3 is 2.31 bits per heavy atom. The van der Waals surface area contributed by atoms with E-state index >= 15 is 0 Å². The van der Waals surface area contributed by atoms with Crippen molar-refractivity contribution in [2.45, 2.75) is 40.5 Å². The van der Waals surface area contributed by atoms with Crippen molar-refractivity contribution in [3.8, 4) is 5.69 Å². The minimum absolute atomic E-state index is 0.0221. The van der Waals surface area contributed by atoms with Gasteiger partial charge in [0.25, 0.3) is 0 Å². The number of rotatable bonds is 9. The summed E-state index contributed by atoms with van der Waals surface area (Å²) in [5, 5.41) is 0. The Kier molecular flexibility index (Phi) is 6.75. The van der Waals surface area contributed by atoms with E-state index in [4.69, 9.17) is 5.73 Å². The predicted octanol–water partition coefficient (Wildman–Crippen LogP) is 3.17. The van der Waals surface area contributed by atoms with Crippen LogP contribution in [-0.2, 0) is 4.79 Å². The zero-order valence-electron chi connectivity index (χ0n) is 16.2. The van der Waals surface area contributed by atoms with Crippen LogP contribution in [0.3, 0.4) is 0 Å². The smallest absolute Gasteiger partial charge is 0.231 e. The van der Waals surface area contributed by atoms with Crippen LogP contribution in [0.15, 0.2) is 30.3 Å². The second kappa shape index (κ2) is 8.81. The average molecular weight is 355 g/mol. The van der Waals surface area contributed by atoms with Gasteiger partial charge in [0, 0.05) is 22.6 Å². The van der Waals surface area contributed by atoms with Crippen molar-refractivity contribution < 1.29 is 9.59 Å². The van der Waals surface area contributed by atoms with Crippen LogP contribution in [0, 0.1) is 20.8 Å². The molecule has 2 aromatic rings. The van der Waals surface area contributed by atoms with Gasteiger partial charge in [-0.25, -0.2) is 0 Å². The minimum Gasteiger partial charge on any atom is -0.369 e. The monoisotopic (exact) mass is 355 g/mol. The Hall–Kier alpha value is -2.40. The minimum atomic E-state index is -0.404. The van der Waals surface area contributed by atoms with Gasteiger partial charge in [-0.1, -0.05) is 31.0 Å². The molecule has 140 valence electrons. The third-order valence-corrected chi connectivity index (χ3v) is 4.60. The van der Waals surface area contributed by atoms with E-state index in [1.165, 1.54) is 5.56 Å². The number of primary amides is 1. The van der Waals surface area contributed by atoms with Crippen LogP contribution in [0.1, 0.15) is 47.1 Å². The maximum absolute atomic E-state index is 12.9. The van der Waals surface area contributed by atoms with Gasteiger partial charge in [-0.3, -0.25) is 14.5 Å². The van der Waals surface area contributed by atoms with Crippen molar-refractivity contribution in [3.05, 3.63) is 52.8 Å². The van der Waals surface area contributed by atoms with Crippen molar-refractivity contribution in [1.82, 2.24) is 9.47 Å². The number of amides is 1. The summed E-state index contributed by atoms with van der Waals surface area (Å²) in [6, 6.07) is 10.2. The zero-order chi connectivity index (χ0) is 19.3. The van der Waals surface area contributed by atoms with E-state index in [0.29, 0.717) is 12.1 Å². The molecule has 0 atom stereocenters. The first kappa shape index (κ1) is 19.9. The van der Waals surface area contributed by atoms with Crippen LogP contribution in [0.4, 0.5) is 0 Å². The number of nitrogens with zero attached hydrogens (tertiary/aromatic N) is 2. The molecule has 0 aliphatic rings. The van der Waals surface area contributed by atoms with Crippen molar-refractivity contribution in [3.63, 3.8) is 0 Å². The van der Waals surface area contributed by atoms with Crippen LogP contribution >= 0.6 is 0 Å². The summed E-state index contributed by atoms with van der Waals surface area (Å²) in [7, 11) is 0. The molecule has 1 amide bonds. The number of carbonyl (C=O) groups excluding carboxylic acids is 2. The first-order valence-electron chi connectivity index (χ1n) is 9.13. The fraction of sp³-hybridized carbons (Fsp3) is 0.429. The number of unbranched alkanes of at least 4 members (excludes halogenated alkanes) is 1. The molecule has 0 aliphatic heterocycles. The number of benzene rings is 1. The average Bonchev–Trinajstić information content (AvgIpc) is 2.88. The van der Waals surface area contributed by atoms with Crippen molar-refractivity contribution in [1.29, 1.82) is 0 Å². The molecule has 1 heterocycles. The highest BCUT2D eigenvalue weighted by Crippen LogP contribution is 2.22. The molecule has 0 unspecified atom stereocenters. The standard InChI is InChI=1S/C21H29N3O2/c1-5-6-11-23(14-21(22)26)13-20(25)19-12-16(3)24(17(19)4)18-9-7-15(2)8-10-18/h7-10,12H,5-6,11,13-14H2,1-4H3,(H2,22,26). The van der Waals surface area contributed by atoms with E-state index < -0.39 is 5.91 Å². The number of carbonyl (C=O) groups is 2. The second-order valence-electron chi connectivity index (χ2n) is 6.91. The van der Waals surface area contributed by atoms with Gasteiger partial charge < -0.3 is 10.3 Å². The van der Waals surface area contributed by atoms with E-state index in [1.807, 2.05) is 24.8 Å². The Labute approximate surface area is 155 Å². The largest absolute Gasteiger partial charge is 0.369 e. The Morgan fingerprint density at radius 2 is 1.73 bits per heavy atom. The first-order valence-corrected chi connectivity index (χ1v) is 9.13. The van der Waals surface area contributed by atoms with Gasteiger partial charge in [0.1, 0.15) is 0 Å². The summed E-state index contributed by atoms with van der Waals surface area (Å²) in [5.41, 5.74) is 10.2. The van der Waals surface area contributed by atoms with E-state index in [9.17, 15) is 9.59 Å². The first-order chi connectivity index (χ1) is 12.3. The van der Waals surface area contributed by atoms with Crippen LogP contribution in [-0.4, -0.2) is 40.8 Å². The van der Waals surface area contributed by atoms with Gasteiger partial charge in [-0.15, -0.1) is 0 Å². The highest BCUT2D eigenvalue weighted by atomic mass is 16.1. The molecule has 26 heavy (non-hydrogen) atoms. The summed E-state index contributed by atoms with van der Waals surface area (Å²) >= 11 is 0. The summed E-state index contributed by atoms with van der Waals surface area (Å²) < 4.78 is 2.09. The molecule has 0 bridgehead atoms. The molecule has 0 saturated heterocycles. The lowest BCUT2D eigenvalue weighted by Gasteiger charge is -2.19. The van der Waals surface area contributed by atoms with Crippen molar-refractivity contribution in [2.24, 2.45) is 5.73 Å². The number of ketones is 1. The summed E-state index contributed by atoms with van der Waals surface area (Å²) in [4.78, 5) is 26.0. The Balaban J connectivity index is 2.24. The van der Waals surface area contributed by atoms with Gasteiger partial charge in [0.05, 0.1) is 13.1 Å². The van der Waals surface area contributed by atoms with Crippen LogP contribution < -0.4 is 5.73 Å². The highest BCUT2D eigenvalue weighted by molar-refractivity contribution is 5.99. The van der Waals surface area contributed by atoms with Gasteiger partial charge in [0.2, 0.25) is 5.91 Å². The molecular weight excluding hydrogens is 326 g/mol. The lowest BCUT2D eigenvalue weighted by molar-refractivity contribution is -0.119. The predicted molar refractivity (Wildman–Crippen MR) is 105 cm³/mol. The van der Waals surface area contributed by atoms with E-state index in [1.54, 1.807) is 0 Å². The molecule has 0 spiro atoms. The molecule has 5 heteroatoms. The SMILES string of the molecule is CCCCN(CC(N)=O)CC(=O)c1cc(C)n(-c2ccc(C)cc2)c1C. The van der Waals surface area contributed by atoms with Gasteiger partial charge in [0.15, 0.2) is 5.78 Å². The summed E-state index contributed by atoms with van der Waals surface area (Å²) in [6.07, 6.45) is 1.94. The normalized spacial score (nSPS) is 11.1. The van der Waals surface area contributed by atoms with Gasteiger partial charge in [-0.2, -0.15) is 0 Å². The fourth-order valence-electron chi connectivity index (χ4n) is 3.24. The highest BCUT2D eigenvalue weighted by Gasteiger charge is 2.20. The number of Topliss-reactive ketones (excluding diaryl/α,β-unsaturated/α-hetero) is 1. The molecule has 5 nitrogen and oxygen atoms in total. The molecule has 0 saturated carbocycles. The number of hydrogen-bond donors (Lipinski definition) is 1. The molecule has 1 aromatic carbocycles.